The molecule has 1 unspecified atom stereocenters. The molecule has 0 aliphatic rings. The molecule has 0 fully saturated rings. The van der Waals surface area contributed by atoms with Crippen LogP contribution in [0, 0.1) is 0 Å². The molecule has 0 heterocycles. The first-order valence-electron chi connectivity index (χ1n) is 18.3. The van der Waals surface area contributed by atoms with Crippen molar-refractivity contribution in [1.82, 2.24) is 0 Å². The summed E-state index contributed by atoms with van der Waals surface area (Å²) < 4.78 is 5.88. The summed E-state index contributed by atoms with van der Waals surface area (Å²) in [5.41, 5.74) is 0. The Morgan fingerprint density at radius 1 is 0.523 bits per heavy atom. The van der Waals surface area contributed by atoms with Crippen molar-refractivity contribution in [2.45, 2.75) is 180 Å². The Hall–Kier alpha value is -2.36. The number of ether oxygens (including phenoxy) is 1. The molecule has 0 rings (SSSR count). The van der Waals surface area contributed by atoms with Gasteiger partial charge >= 0.3 is 11.9 Å². The van der Waals surface area contributed by atoms with Gasteiger partial charge in [0.1, 0.15) is 6.10 Å². The van der Waals surface area contributed by atoms with Crippen LogP contribution in [0.4, 0.5) is 0 Å². The van der Waals surface area contributed by atoms with Gasteiger partial charge in [-0.05, 0) is 70.6 Å². The number of carbonyl (C=O) groups is 2. The monoisotopic (exact) mass is 613 g/mol. The van der Waals surface area contributed by atoms with Crippen molar-refractivity contribution in [3.05, 3.63) is 60.8 Å². The highest BCUT2D eigenvalue weighted by Gasteiger charge is 2.13. The second kappa shape index (κ2) is 35.1. The number of carboxylic acids is 1. The average molecular weight is 613 g/mol. The van der Waals surface area contributed by atoms with Crippen LogP contribution < -0.4 is 0 Å². The van der Waals surface area contributed by atoms with Gasteiger partial charge < -0.3 is 9.84 Å². The second-order valence-electron chi connectivity index (χ2n) is 12.0. The summed E-state index contributed by atoms with van der Waals surface area (Å²) in [5.74, 6) is -0.702. The third kappa shape index (κ3) is 34.1. The largest absolute Gasteiger partial charge is 0.481 e. The number of carboxylic acid groups (broad SMARTS) is 1. The third-order valence-corrected chi connectivity index (χ3v) is 7.75. The van der Waals surface area contributed by atoms with Crippen LogP contribution in [0.1, 0.15) is 174 Å². The zero-order valence-electron chi connectivity index (χ0n) is 28.7. The van der Waals surface area contributed by atoms with E-state index < -0.39 is 5.97 Å². The zero-order chi connectivity index (χ0) is 32.2. The summed E-state index contributed by atoms with van der Waals surface area (Å²) in [6.07, 6.45) is 48.5. The summed E-state index contributed by atoms with van der Waals surface area (Å²) in [6, 6.07) is 0. The summed E-state index contributed by atoms with van der Waals surface area (Å²) in [7, 11) is 0. The molecule has 0 amide bonds. The van der Waals surface area contributed by atoms with E-state index in [4.69, 9.17) is 9.84 Å². The molecule has 0 aromatic rings. The molecular formula is C40H68O4. The fraction of sp³-hybridized carbons (Fsp3) is 0.700. The molecular weight excluding hydrogens is 544 g/mol. The minimum atomic E-state index is -0.675. The van der Waals surface area contributed by atoms with Gasteiger partial charge in [-0.1, -0.05) is 152 Å². The predicted molar refractivity (Wildman–Crippen MR) is 190 cm³/mol. The average Bonchev–Trinajstić information content (AvgIpc) is 3.01. The van der Waals surface area contributed by atoms with Crippen LogP contribution >= 0.6 is 0 Å². The highest BCUT2D eigenvalue weighted by molar-refractivity contribution is 5.69. The molecule has 0 aliphatic heterocycles. The first kappa shape index (κ1) is 41.6. The van der Waals surface area contributed by atoms with Crippen LogP contribution in [-0.4, -0.2) is 23.1 Å². The van der Waals surface area contributed by atoms with Crippen molar-refractivity contribution in [2.75, 3.05) is 0 Å². The molecule has 0 aliphatic carbocycles. The van der Waals surface area contributed by atoms with E-state index in [0.717, 1.165) is 89.9 Å². The zero-order valence-corrected chi connectivity index (χ0v) is 28.7. The van der Waals surface area contributed by atoms with Crippen LogP contribution in [0.5, 0.6) is 0 Å². The molecule has 0 radical (unpaired) electrons. The Morgan fingerprint density at radius 2 is 0.955 bits per heavy atom. The van der Waals surface area contributed by atoms with Crippen molar-refractivity contribution < 1.29 is 19.4 Å². The van der Waals surface area contributed by atoms with E-state index >= 15 is 0 Å². The summed E-state index contributed by atoms with van der Waals surface area (Å²) in [5, 5.41) is 8.66. The molecule has 252 valence electrons. The SMILES string of the molecule is CC/C=C\C/C=C\C/C=C\C/C=C\C/C=C\CCCC(=O)OC(CCCC)CCCCCCCCCCCCCCC(=O)O. The van der Waals surface area contributed by atoms with E-state index in [9.17, 15) is 9.59 Å². The van der Waals surface area contributed by atoms with Gasteiger partial charge in [0.2, 0.25) is 0 Å². The first-order chi connectivity index (χ1) is 21.6. The van der Waals surface area contributed by atoms with Crippen molar-refractivity contribution in [2.24, 2.45) is 0 Å². The number of carbonyl (C=O) groups excluding carboxylic acids is 1. The Balaban J connectivity index is 3.80. The molecule has 0 bridgehead atoms. The number of esters is 1. The van der Waals surface area contributed by atoms with Gasteiger partial charge in [0, 0.05) is 12.8 Å². The Kier molecular flexibility index (Phi) is 33.2. The van der Waals surface area contributed by atoms with Gasteiger partial charge in [-0.3, -0.25) is 9.59 Å². The smallest absolute Gasteiger partial charge is 0.306 e. The number of rotatable bonds is 32. The maximum atomic E-state index is 12.4. The second-order valence-corrected chi connectivity index (χ2v) is 12.0. The van der Waals surface area contributed by atoms with E-state index in [0.29, 0.717) is 12.8 Å². The van der Waals surface area contributed by atoms with Gasteiger partial charge in [-0.15, -0.1) is 0 Å². The summed E-state index contributed by atoms with van der Waals surface area (Å²) in [4.78, 5) is 23.0. The minimum absolute atomic E-state index is 0.0275. The molecule has 0 aromatic heterocycles. The fourth-order valence-electron chi connectivity index (χ4n) is 5.09. The van der Waals surface area contributed by atoms with Crippen LogP contribution in [0.2, 0.25) is 0 Å². The minimum Gasteiger partial charge on any atom is -0.481 e. The lowest BCUT2D eigenvalue weighted by atomic mass is 10.0. The normalized spacial score (nSPS) is 13.0. The number of unbranched alkanes of at least 4 members (excludes halogenated alkanes) is 13. The van der Waals surface area contributed by atoms with Crippen molar-refractivity contribution >= 4 is 11.9 Å². The molecule has 0 aromatic carbocycles. The number of aliphatic carboxylic acids is 1. The van der Waals surface area contributed by atoms with Crippen LogP contribution in [-0.2, 0) is 14.3 Å². The molecule has 0 saturated heterocycles. The summed E-state index contributed by atoms with van der Waals surface area (Å²) in [6.45, 7) is 4.35. The van der Waals surface area contributed by atoms with Crippen LogP contribution in [0.15, 0.2) is 60.8 Å². The Labute approximate surface area is 272 Å². The standard InChI is InChI=1S/C40H68O4/c1-3-5-7-8-9-10-11-12-13-14-15-16-21-24-27-30-33-37-40(43)44-38(34-6-4-2)35-31-28-25-22-19-17-18-20-23-26-29-32-36-39(41)42/h5,7,9-10,12-13,15-16,24,27,38H,3-4,6,8,11,14,17-23,25-26,28-37H2,1-2H3,(H,41,42)/b7-5-,10-9-,13-12-,16-15-,27-24-. The topological polar surface area (TPSA) is 63.6 Å². The fourth-order valence-corrected chi connectivity index (χ4v) is 5.09. The molecule has 1 N–H and O–H groups in total. The molecule has 1 atom stereocenters. The van der Waals surface area contributed by atoms with E-state index in [-0.39, 0.29) is 12.1 Å². The van der Waals surface area contributed by atoms with Gasteiger partial charge in [0.15, 0.2) is 0 Å². The maximum absolute atomic E-state index is 12.4. The Bertz CT molecular complexity index is 789. The summed E-state index contributed by atoms with van der Waals surface area (Å²) >= 11 is 0. The number of hydrogen-bond acceptors (Lipinski definition) is 3. The van der Waals surface area contributed by atoms with Crippen molar-refractivity contribution in [3.63, 3.8) is 0 Å². The lowest BCUT2D eigenvalue weighted by Gasteiger charge is -2.17. The van der Waals surface area contributed by atoms with E-state index in [1.54, 1.807) is 0 Å². The van der Waals surface area contributed by atoms with E-state index in [2.05, 4.69) is 74.6 Å². The number of hydrogen-bond donors (Lipinski definition) is 1. The highest BCUT2D eigenvalue weighted by atomic mass is 16.5. The first-order valence-corrected chi connectivity index (χ1v) is 18.3. The quantitative estimate of drug-likeness (QED) is 0.0466. The van der Waals surface area contributed by atoms with E-state index in [1.165, 1.54) is 57.8 Å². The lowest BCUT2D eigenvalue weighted by Crippen LogP contribution is -2.18. The van der Waals surface area contributed by atoms with Gasteiger partial charge in [0.25, 0.3) is 0 Å². The van der Waals surface area contributed by atoms with Crippen LogP contribution in [0.3, 0.4) is 0 Å². The molecule has 44 heavy (non-hydrogen) atoms. The predicted octanol–water partition coefficient (Wildman–Crippen LogP) is 12.6. The highest BCUT2D eigenvalue weighted by Crippen LogP contribution is 2.17. The molecule has 4 heteroatoms. The lowest BCUT2D eigenvalue weighted by molar-refractivity contribution is -0.150. The molecule has 4 nitrogen and oxygen atoms in total. The maximum Gasteiger partial charge on any atom is 0.306 e. The van der Waals surface area contributed by atoms with Gasteiger partial charge in [-0.2, -0.15) is 0 Å². The van der Waals surface area contributed by atoms with E-state index in [1.807, 2.05) is 0 Å². The Morgan fingerprint density at radius 3 is 1.43 bits per heavy atom. The van der Waals surface area contributed by atoms with Gasteiger partial charge in [0.05, 0.1) is 0 Å². The van der Waals surface area contributed by atoms with Gasteiger partial charge in [-0.25, -0.2) is 0 Å². The van der Waals surface area contributed by atoms with Crippen molar-refractivity contribution in [1.29, 1.82) is 0 Å². The molecule has 0 spiro atoms. The van der Waals surface area contributed by atoms with Crippen molar-refractivity contribution in [3.8, 4) is 0 Å². The van der Waals surface area contributed by atoms with Crippen LogP contribution in [0.25, 0.3) is 0 Å². The third-order valence-electron chi connectivity index (χ3n) is 7.75. The molecule has 0 saturated carbocycles. The number of allylic oxidation sites excluding steroid dienone is 10.